The minimum absolute atomic E-state index is 0.0357. The van der Waals surface area contributed by atoms with Crippen LogP contribution in [0.4, 0.5) is 4.39 Å². The zero-order valence-corrected chi connectivity index (χ0v) is 18.9. The highest BCUT2D eigenvalue weighted by Gasteiger charge is 2.27. The van der Waals surface area contributed by atoms with Gasteiger partial charge in [-0.2, -0.15) is 0 Å². The Bertz CT molecular complexity index is 708. The predicted octanol–water partition coefficient (Wildman–Crippen LogP) is 4.21. The van der Waals surface area contributed by atoms with Gasteiger partial charge in [0.25, 0.3) is 0 Å². The second kappa shape index (κ2) is 11.7. The van der Waals surface area contributed by atoms with E-state index in [1.165, 1.54) is 31.4 Å². The van der Waals surface area contributed by atoms with Crippen LogP contribution in [0.1, 0.15) is 68.6 Å². The molecule has 1 aliphatic carbocycles. The Morgan fingerprint density at radius 1 is 1.10 bits per heavy atom. The first-order valence-electron chi connectivity index (χ1n) is 11.8. The standard InChI is InChI=1S/C25H37FN2O3/c1-18(31-2)17-24(29)27-23-9-3-19(4-10-23)11-14-28-15-12-21(13-16-28)25(30)20-5-7-22(26)8-6-20/h5-8,18-19,21,23H,3-4,9-17H2,1-2H3,(H,27,29). The van der Waals surface area contributed by atoms with E-state index in [0.29, 0.717) is 18.0 Å². The number of halogens is 1. The molecule has 3 rings (SSSR count). The number of benzene rings is 1. The SMILES string of the molecule is COC(C)CC(=O)NC1CCC(CCN2CCC(C(=O)c3ccc(F)cc3)CC2)CC1. The maximum absolute atomic E-state index is 13.1. The summed E-state index contributed by atoms with van der Waals surface area (Å²) in [6.45, 7) is 4.92. The number of carbonyl (C=O) groups excluding carboxylic acids is 2. The van der Waals surface area contributed by atoms with E-state index in [0.717, 1.165) is 51.2 Å². The first-order valence-corrected chi connectivity index (χ1v) is 11.8. The maximum atomic E-state index is 13.1. The minimum atomic E-state index is -0.302. The Labute approximate surface area is 185 Å². The summed E-state index contributed by atoms with van der Waals surface area (Å²) in [6, 6.07) is 6.23. The number of hydrogen-bond donors (Lipinski definition) is 1. The Morgan fingerprint density at radius 3 is 2.35 bits per heavy atom. The summed E-state index contributed by atoms with van der Waals surface area (Å²) in [5.74, 6) is 0.727. The molecule has 1 aromatic carbocycles. The van der Waals surface area contributed by atoms with E-state index in [-0.39, 0.29) is 29.5 Å². The van der Waals surface area contributed by atoms with Crippen molar-refractivity contribution in [3.63, 3.8) is 0 Å². The molecule has 1 N–H and O–H groups in total. The fourth-order valence-electron chi connectivity index (χ4n) is 4.86. The fourth-order valence-corrected chi connectivity index (χ4v) is 4.86. The quantitative estimate of drug-likeness (QED) is 0.594. The van der Waals surface area contributed by atoms with Crippen molar-refractivity contribution in [2.75, 3.05) is 26.7 Å². The lowest BCUT2D eigenvalue weighted by atomic mass is 9.83. The van der Waals surface area contributed by atoms with Gasteiger partial charge in [0.15, 0.2) is 5.78 Å². The molecule has 1 saturated carbocycles. The molecule has 0 spiro atoms. The minimum Gasteiger partial charge on any atom is -0.381 e. The number of ether oxygens (including phenoxy) is 1. The van der Waals surface area contributed by atoms with Crippen LogP contribution in [0, 0.1) is 17.7 Å². The van der Waals surface area contributed by atoms with E-state index in [1.54, 1.807) is 19.2 Å². The van der Waals surface area contributed by atoms with Gasteiger partial charge >= 0.3 is 0 Å². The van der Waals surface area contributed by atoms with E-state index in [4.69, 9.17) is 4.74 Å². The number of likely N-dealkylation sites (tertiary alicyclic amines) is 1. The average molecular weight is 433 g/mol. The molecule has 1 saturated heterocycles. The van der Waals surface area contributed by atoms with Gasteiger partial charge in [0.05, 0.1) is 12.5 Å². The van der Waals surface area contributed by atoms with Crippen molar-refractivity contribution in [3.8, 4) is 0 Å². The second-order valence-corrected chi connectivity index (χ2v) is 9.31. The Balaban J connectivity index is 1.31. The zero-order chi connectivity index (χ0) is 22.2. The highest BCUT2D eigenvalue weighted by atomic mass is 19.1. The predicted molar refractivity (Wildman–Crippen MR) is 119 cm³/mol. The summed E-state index contributed by atoms with van der Waals surface area (Å²) in [5.41, 5.74) is 0.625. The number of hydrogen-bond acceptors (Lipinski definition) is 4. The van der Waals surface area contributed by atoms with E-state index in [2.05, 4.69) is 10.2 Å². The summed E-state index contributed by atoms with van der Waals surface area (Å²) >= 11 is 0. The molecule has 2 fully saturated rings. The average Bonchev–Trinajstić information content (AvgIpc) is 2.79. The van der Waals surface area contributed by atoms with E-state index in [1.807, 2.05) is 6.92 Å². The Hall–Kier alpha value is -1.79. The number of ketones is 1. The van der Waals surface area contributed by atoms with Crippen LogP contribution in [-0.2, 0) is 9.53 Å². The van der Waals surface area contributed by atoms with Gasteiger partial charge in [-0.3, -0.25) is 9.59 Å². The summed E-state index contributed by atoms with van der Waals surface area (Å²) in [7, 11) is 1.63. The van der Waals surface area contributed by atoms with E-state index in [9.17, 15) is 14.0 Å². The third-order valence-electron chi connectivity index (χ3n) is 7.03. The van der Waals surface area contributed by atoms with E-state index >= 15 is 0 Å². The van der Waals surface area contributed by atoms with Gasteiger partial charge < -0.3 is 15.0 Å². The summed E-state index contributed by atoms with van der Waals surface area (Å²) in [6.07, 6.45) is 7.82. The lowest BCUT2D eigenvalue weighted by molar-refractivity contribution is -0.124. The molecule has 31 heavy (non-hydrogen) atoms. The molecule has 0 aromatic heterocycles. The zero-order valence-electron chi connectivity index (χ0n) is 18.9. The molecule has 0 radical (unpaired) electrons. The van der Waals surface area contributed by atoms with Gasteiger partial charge in [-0.25, -0.2) is 4.39 Å². The molecule has 1 amide bonds. The van der Waals surface area contributed by atoms with Crippen molar-refractivity contribution in [1.29, 1.82) is 0 Å². The van der Waals surface area contributed by atoms with Crippen LogP contribution < -0.4 is 5.32 Å². The molecule has 1 heterocycles. The molecule has 1 aliphatic heterocycles. The second-order valence-electron chi connectivity index (χ2n) is 9.31. The van der Waals surface area contributed by atoms with E-state index < -0.39 is 0 Å². The molecule has 1 aromatic rings. The first-order chi connectivity index (χ1) is 14.9. The topological polar surface area (TPSA) is 58.6 Å². The van der Waals surface area contributed by atoms with Gasteiger partial charge in [0.2, 0.25) is 5.91 Å². The third kappa shape index (κ3) is 7.39. The van der Waals surface area contributed by atoms with Crippen molar-refractivity contribution in [2.24, 2.45) is 11.8 Å². The summed E-state index contributed by atoms with van der Waals surface area (Å²) < 4.78 is 18.2. The molecule has 172 valence electrons. The normalized spacial score (nSPS) is 24.0. The van der Waals surface area contributed by atoms with Crippen LogP contribution in [0.3, 0.4) is 0 Å². The van der Waals surface area contributed by atoms with Crippen LogP contribution in [0.5, 0.6) is 0 Å². The number of amides is 1. The van der Waals surface area contributed by atoms with Gasteiger partial charge in [0, 0.05) is 24.6 Å². The lowest BCUT2D eigenvalue weighted by Gasteiger charge is -2.34. The Morgan fingerprint density at radius 2 is 1.74 bits per heavy atom. The van der Waals surface area contributed by atoms with Crippen molar-refractivity contribution < 1.29 is 18.7 Å². The van der Waals surface area contributed by atoms with Crippen molar-refractivity contribution in [1.82, 2.24) is 10.2 Å². The molecule has 6 heteroatoms. The number of carbonyl (C=O) groups is 2. The van der Waals surface area contributed by atoms with Gasteiger partial charge in [-0.05, 0) is 102 Å². The van der Waals surface area contributed by atoms with Gasteiger partial charge in [0.1, 0.15) is 5.82 Å². The molecular weight excluding hydrogens is 395 g/mol. The fraction of sp³-hybridized carbons (Fsp3) is 0.680. The molecule has 2 aliphatic rings. The van der Waals surface area contributed by atoms with Gasteiger partial charge in [-0.15, -0.1) is 0 Å². The maximum Gasteiger partial charge on any atom is 0.222 e. The first kappa shape index (κ1) is 23.9. The number of nitrogens with one attached hydrogen (secondary N) is 1. The monoisotopic (exact) mass is 432 g/mol. The van der Waals surface area contributed by atoms with Crippen LogP contribution >= 0.6 is 0 Å². The smallest absolute Gasteiger partial charge is 0.222 e. The number of Topliss-reactive ketones (excluding diaryl/α,β-unsaturated/α-hetero) is 1. The van der Waals surface area contributed by atoms with Crippen LogP contribution in [-0.4, -0.2) is 55.5 Å². The lowest BCUT2D eigenvalue weighted by Crippen LogP contribution is -2.40. The highest BCUT2D eigenvalue weighted by molar-refractivity contribution is 5.97. The molecule has 1 atom stereocenters. The number of nitrogens with zero attached hydrogens (tertiary/aromatic N) is 1. The summed E-state index contributed by atoms with van der Waals surface area (Å²) in [5, 5.41) is 3.16. The van der Waals surface area contributed by atoms with Crippen LogP contribution in [0.15, 0.2) is 24.3 Å². The third-order valence-corrected chi connectivity index (χ3v) is 7.03. The van der Waals surface area contributed by atoms with Crippen molar-refractivity contribution in [2.45, 2.75) is 70.4 Å². The van der Waals surface area contributed by atoms with Gasteiger partial charge in [-0.1, -0.05) is 0 Å². The number of rotatable bonds is 9. The van der Waals surface area contributed by atoms with Crippen molar-refractivity contribution in [3.05, 3.63) is 35.6 Å². The molecule has 1 unspecified atom stereocenters. The van der Waals surface area contributed by atoms with Crippen molar-refractivity contribution >= 4 is 11.7 Å². The molecular formula is C25H37FN2O3. The number of methoxy groups -OCH3 is 1. The highest BCUT2D eigenvalue weighted by Crippen LogP contribution is 2.28. The molecule has 5 nitrogen and oxygen atoms in total. The number of piperidine rings is 1. The largest absolute Gasteiger partial charge is 0.381 e. The van der Waals surface area contributed by atoms with Crippen LogP contribution in [0.2, 0.25) is 0 Å². The Kier molecular flexibility index (Phi) is 9.02. The summed E-state index contributed by atoms with van der Waals surface area (Å²) in [4.78, 5) is 27.1. The van der Waals surface area contributed by atoms with Crippen LogP contribution in [0.25, 0.3) is 0 Å². The molecule has 0 bridgehead atoms.